The summed E-state index contributed by atoms with van der Waals surface area (Å²) in [7, 11) is 3.12. The summed E-state index contributed by atoms with van der Waals surface area (Å²) in [6.07, 6.45) is 2.71. The molecule has 1 rings (SSSR count). The predicted molar refractivity (Wildman–Crippen MR) is 102 cm³/mol. The molecule has 1 aromatic rings. The van der Waals surface area contributed by atoms with Gasteiger partial charge in [-0.3, -0.25) is 19.8 Å². The number of phenols is 1. The van der Waals surface area contributed by atoms with Crippen LogP contribution in [0.1, 0.15) is 37.6 Å². The number of hydrazine groups is 1. The van der Waals surface area contributed by atoms with Gasteiger partial charge in [0.25, 0.3) is 11.8 Å². The third-order valence-electron chi connectivity index (χ3n) is 2.80. The van der Waals surface area contributed by atoms with E-state index in [0.717, 1.165) is 6.08 Å². The molecular formula is C18H28N4O4. The summed E-state index contributed by atoms with van der Waals surface area (Å²) in [4.78, 5) is 35.9. The van der Waals surface area contributed by atoms with Crippen LogP contribution in [0.3, 0.4) is 0 Å². The highest BCUT2D eigenvalue weighted by atomic mass is 16.3. The number of carbonyl (C=O) groups is 3. The van der Waals surface area contributed by atoms with Crippen molar-refractivity contribution in [2.75, 3.05) is 26.0 Å². The van der Waals surface area contributed by atoms with Gasteiger partial charge in [0.2, 0.25) is 0 Å². The maximum absolute atomic E-state index is 12.0. The second kappa shape index (κ2) is 12.5. The highest BCUT2D eigenvalue weighted by Crippen LogP contribution is 2.29. The molecule has 0 heterocycles. The third-order valence-corrected chi connectivity index (χ3v) is 2.80. The molecule has 0 atom stereocenters. The fourth-order valence-corrected chi connectivity index (χ4v) is 1.68. The first-order valence-corrected chi connectivity index (χ1v) is 8.33. The van der Waals surface area contributed by atoms with Crippen LogP contribution in [0.5, 0.6) is 5.75 Å². The summed E-state index contributed by atoms with van der Waals surface area (Å²) in [6, 6.07) is 4.51. The lowest BCUT2D eigenvalue weighted by Crippen LogP contribution is -2.39. The minimum atomic E-state index is -0.581. The van der Waals surface area contributed by atoms with Gasteiger partial charge in [0, 0.05) is 26.7 Å². The van der Waals surface area contributed by atoms with Gasteiger partial charge in [-0.1, -0.05) is 33.3 Å². The largest absolute Gasteiger partial charge is 0.505 e. The van der Waals surface area contributed by atoms with Crippen LogP contribution in [0.25, 0.3) is 0 Å². The zero-order valence-electron chi connectivity index (χ0n) is 15.9. The number of rotatable bonds is 7. The number of amides is 2. The lowest BCUT2D eigenvalue weighted by atomic mass is 10.1. The molecule has 0 fully saturated rings. The number of phenolic OH excluding ortho intramolecular Hbond substituents is 1. The molecule has 0 spiro atoms. The molecule has 0 bridgehead atoms. The molecule has 0 aliphatic rings. The number of allylic oxidation sites excluding steroid dienone is 1. The van der Waals surface area contributed by atoms with Crippen LogP contribution in [0.2, 0.25) is 0 Å². The maximum atomic E-state index is 12.0. The van der Waals surface area contributed by atoms with E-state index in [2.05, 4.69) is 30.0 Å². The molecule has 0 saturated carbocycles. The van der Waals surface area contributed by atoms with Gasteiger partial charge in [-0.05, 0) is 12.1 Å². The van der Waals surface area contributed by atoms with Gasteiger partial charge in [0.1, 0.15) is 12.0 Å². The van der Waals surface area contributed by atoms with E-state index in [1.54, 1.807) is 27.1 Å². The van der Waals surface area contributed by atoms with Crippen molar-refractivity contribution in [3.63, 3.8) is 0 Å². The Morgan fingerprint density at radius 1 is 1.19 bits per heavy atom. The van der Waals surface area contributed by atoms with E-state index in [-0.39, 0.29) is 28.6 Å². The molecule has 0 aliphatic heterocycles. The SMILES string of the molecule is CCC.CCNNC(=O)/C(=C\C=O)Nc1cccc(C(=O)N(C)C)c1O. The number of anilines is 1. The van der Waals surface area contributed by atoms with Gasteiger partial charge in [-0.15, -0.1) is 0 Å². The van der Waals surface area contributed by atoms with Gasteiger partial charge in [-0.2, -0.15) is 0 Å². The van der Waals surface area contributed by atoms with Crippen molar-refractivity contribution >= 4 is 23.8 Å². The van der Waals surface area contributed by atoms with E-state index in [4.69, 9.17) is 0 Å². The Hall–Kier alpha value is -2.87. The van der Waals surface area contributed by atoms with E-state index in [1.165, 1.54) is 23.5 Å². The van der Waals surface area contributed by atoms with E-state index in [1.807, 2.05) is 0 Å². The number of aldehydes is 1. The van der Waals surface area contributed by atoms with Crippen LogP contribution in [0.15, 0.2) is 30.0 Å². The molecule has 8 nitrogen and oxygen atoms in total. The number of para-hydroxylation sites is 1. The average molecular weight is 364 g/mol. The fourth-order valence-electron chi connectivity index (χ4n) is 1.68. The van der Waals surface area contributed by atoms with Crippen molar-refractivity contribution in [1.82, 2.24) is 15.8 Å². The molecule has 144 valence electrons. The Morgan fingerprint density at radius 3 is 2.31 bits per heavy atom. The van der Waals surface area contributed by atoms with E-state index in [9.17, 15) is 19.5 Å². The second-order valence-electron chi connectivity index (χ2n) is 5.43. The summed E-state index contributed by atoms with van der Waals surface area (Å²) in [6.45, 7) is 6.54. The first-order chi connectivity index (χ1) is 12.3. The van der Waals surface area contributed by atoms with Gasteiger partial charge in [0.05, 0.1) is 11.3 Å². The average Bonchev–Trinajstić information content (AvgIpc) is 2.60. The van der Waals surface area contributed by atoms with Crippen LogP contribution in [-0.4, -0.2) is 48.7 Å². The summed E-state index contributed by atoms with van der Waals surface area (Å²) in [5.41, 5.74) is 5.13. The highest BCUT2D eigenvalue weighted by molar-refractivity contribution is 6.01. The van der Waals surface area contributed by atoms with Gasteiger partial charge >= 0.3 is 0 Å². The monoisotopic (exact) mass is 364 g/mol. The summed E-state index contributed by atoms with van der Waals surface area (Å²) < 4.78 is 0. The molecule has 0 aromatic heterocycles. The van der Waals surface area contributed by atoms with Crippen molar-refractivity contribution in [3.8, 4) is 5.75 Å². The molecule has 0 saturated heterocycles. The van der Waals surface area contributed by atoms with Crippen molar-refractivity contribution in [1.29, 1.82) is 0 Å². The number of hydrogen-bond acceptors (Lipinski definition) is 6. The standard InChI is InChI=1S/C15H20N4O4.C3H8/c1-4-16-18-14(22)12(8-9-20)17-11-7-5-6-10(13(11)21)15(23)19(2)3;1-3-2/h5-9,16-17,21H,4H2,1-3H3,(H,18,22);3H2,1-2H3/b12-8+;. The van der Waals surface area contributed by atoms with Crippen LogP contribution in [-0.2, 0) is 9.59 Å². The Kier molecular flexibility index (Phi) is 11.1. The first-order valence-electron chi connectivity index (χ1n) is 8.33. The molecule has 2 amide bonds. The first kappa shape index (κ1) is 23.1. The molecule has 0 radical (unpaired) electrons. The molecule has 0 unspecified atom stereocenters. The molecular weight excluding hydrogens is 336 g/mol. The maximum Gasteiger partial charge on any atom is 0.281 e. The lowest BCUT2D eigenvalue weighted by molar-refractivity contribution is -0.118. The molecule has 1 aromatic carbocycles. The Balaban J connectivity index is 0.00000194. The van der Waals surface area contributed by atoms with Gasteiger partial charge in [0.15, 0.2) is 5.75 Å². The Bertz CT molecular complexity index is 642. The number of hydrogen-bond donors (Lipinski definition) is 4. The van der Waals surface area contributed by atoms with Crippen molar-refractivity contribution < 1.29 is 19.5 Å². The minimum absolute atomic E-state index is 0.0781. The van der Waals surface area contributed by atoms with Gasteiger partial charge < -0.3 is 15.3 Å². The number of nitrogens with one attached hydrogen (secondary N) is 3. The third kappa shape index (κ3) is 7.35. The van der Waals surface area contributed by atoms with Crippen LogP contribution < -0.4 is 16.2 Å². The number of benzene rings is 1. The zero-order chi connectivity index (χ0) is 20.1. The van der Waals surface area contributed by atoms with Crippen LogP contribution in [0.4, 0.5) is 5.69 Å². The van der Waals surface area contributed by atoms with Crippen molar-refractivity contribution in [2.45, 2.75) is 27.2 Å². The second-order valence-corrected chi connectivity index (χ2v) is 5.43. The smallest absolute Gasteiger partial charge is 0.281 e. The predicted octanol–water partition coefficient (Wildman–Crippen LogP) is 1.65. The van der Waals surface area contributed by atoms with E-state index in [0.29, 0.717) is 12.8 Å². The Morgan fingerprint density at radius 2 is 1.81 bits per heavy atom. The summed E-state index contributed by atoms with van der Waals surface area (Å²) >= 11 is 0. The zero-order valence-corrected chi connectivity index (χ0v) is 15.9. The van der Waals surface area contributed by atoms with Crippen LogP contribution in [0, 0.1) is 0 Å². The summed E-state index contributed by atoms with van der Waals surface area (Å²) in [5.74, 6) is -1.27. The molecule has 8 heteroatoms. The highest BCUT2D eigenvalue weighted by Gasteiger charge is 2.17. The molecule has 26 heavy (non-hydrogen) atoms. The quantitative estimate of drug-likeness (QED) is 0.253. The van der Waals surface area contributed by atoms with Crippen molar-refractivity contribution in [3.05, 3.63) is 35.5 Å². The summed E-state index contributed by atoms with van der Waals surface area (Å²) in [5, 5.41) is 12.9. The number of nitrogens with zero attached hydrogens (tertiary/aromatic N) is 1. The molecule has 4 N–H and O–H groups in total. The Labute approximate surface area is 154 Å². The number of aromatic hydroxyl groups is 1. The van der Waals surface area contributed by atoms with Crippen LogP contribution >= 0.6 is 0 Å². The van der Waals surface area contributed by atoms with E-state index < -0.39 is 5.91 Å². The van der Waals surface area contributed by atoms with E-state index >= 15 is 0 Å². The topological polar surface area (TPSA) is 111 Å². The van der Waals surface area contributed by atoms with Gasteiger partial charge in [-0.25, -0.2) is 5.43 Å². The lowest BCUT2D eigenvalue weighted by Gasteiger charge is -2.16. The minimum Gasteiger partial charge on any atom is -0.505 e. The van der Waals surface area contributed by atoms with Crippen molar-refractivity contribution in [2.24, 2.45) is 0 Å². The molecule has 0 aliphatic carbocycles. The normalized spacial score (nSPS) is 10.3. The fraction of sp³-hybridized carbons (Fsp3) is 0.389. The number of carbonyl (C=O) groups excluding carboxylic acids is 3.